The Morgan fingerprint density at radius 1 is 1.21 bits per heavy atom. The van der Waals surface area contributed by atoms with E-state index in [2.05, 4.69) is 10.0 Å². The van der Waals surface area contributed by atoms with Crippen molar-refractivity contribution in [1.29, 1.82) is 0 Å². The first kappa shape index (κ1) is 18.3. The molecular formula is C16H17ClN2O4S. The third-order valence-corrected chi connectivity index (χ3v) is 5.02. The van der Waals surface area contributed by atoms with E-state index in [1.165, 1.54) is 31.4 Å². The number of methoxy groups -OCH3 is 1. The fourth-order valence-corrected chi connectivity index (χ4v) is 3.30. The summed E-state index contributed by atoms with van der Waals surface area (Å²) in [5.74, 6) is 0.104. The SMILES string of the molecule is CCNS(=O)(=O)c1cccc(C(=O)Nc2ccc(OC)cc2Cl)c1. The van der Waals surface area contributed by atoms with Gasteiger partial charge in [0.25, 0.3) is 5.91 Å². The van der Waals surface area contributed by atoms with Gasteiger partial charge in [0.1, 0.15) is 5.75 Å². The van der Waals surface area contributed by atoms with Gasteiger partial charge in [0.05, 0.1) is 22.7 Å². The summed E-state index contributed by atoms with van der Waals surface area (Å²) in [6, 6.07) is 10.6. The van der Waals surface area contributed by atoms with E-state index in [4.69, 9.17) is 16.3 Å². The standard InChI is InChI=1S/C16H17ClN2O4S/c1-3-18-24(21,22)13-6-4-5-11(9-13)16(20)19-15-8-7-12(23-2)10-14(15)17/h4-10,18H,3H2,1-2H3,(H,19,20). The normalized spacial score (nSPS) is 11.1. The third-order valence-electron chi connectivity index (χ3n) is 3.17. The monoisotopic (exact) mass is 368 g/mol. The van der Waals surface area contributed by atoms with Crippen molar-refractivity contribution in [3.63, 3.8) is 0 Å². The number of carbonyl (C=O) groups is 1. The Kier molecular flexibility index (Phi) is 5.82. The van der Waals surface area contributed by atoms with Gasteiger partial charge in [0.2, 0.25) is 10.0 Å². The lowest BCUT2D eigenvalue weighted by atomic mass is 10.2. The molecule has 0 unspecified atom stereocenters. The molecule has 0 radical (unpaired) electrons. The van der Waals surface area contributed by atoms with Crippen molar-refractivity contribution in [3.8, 4) is 5.75 Å². The van der Waals surface area contributed by atoms with Crippen LogP contribution in [-0.4, -0.2) is 28.0 Å². The van der Waals surface area contributed by atoms with Crippen LogP contribution in [0.1, 0.15) is 17.3 Å². The molecule has 0 aliphatic heterocycles. The number of amides is 1. The van der Waals surface area contributed by atoms with Crippen molar-refractivity contribution in [2.24, 2.45) is 0 Å². The van der Waals surface area contributed by atoms with Crippen LogP contribution in [0.3, 0.4) is 0 Å². The summed E-state index contributed by atoms with van der Waals surface area (Å²) in [6.45, 7) is 1.94. The van der Waals surface area contributed by atoms with Crippen LogP contribution in [0.15, 0.2) is 47.4 Å². The minimum Gasteiger partial charge on any atom is -0.497 e. The van der Waals surface area contributed by atoms with E-state index in [1.807, 2.05) is 0 Å². The molecule has 8 heteroatoms. The summed E-state index contributed by atoms with van der Waals surface area (Å²) in [5.41, 5.74) is 0.614. The molecule has 0 aromatic heterocycles. The van der Waals surface area contributed by atoms with E-state index in [-0.39, 0.29) is 17.0 Å². The molecule has 0 bridgehead atoms. The van der Waals surface area contributed by atoms with Crippen LogP contribution in [-0.2, 0) is 10.0 Å². The van der Waals surface area contributed by atoms with Crippen molar-refractivity contribution < 1.29 is 17.9 Å². The van der Waals surface area contributed by atoms with Gasteiger partial charge in [-0.25, -0.2) is 13.1 Å². The molecule has 128 valence electrons. The van der Waals surface area contributed by atoms with Gasteiger partial charge in [-0.2, -0.15) is 0 Å². The fourth-order valence-electron chi connectivity index (χ4n) is 2.00. The van der Waals surface area contributed by atoms with E-state index in [9.17, 15) is 13.2 Å². The van der Waals surface area contributed by atoms with E-state index < -0.39 is 15.9 Å². The number of anilines is 1. The lowest BCUT2D eigenvalue weighted by Crippen LogP contribution is -2.23. The molecule has 0 spiro atoms. The second-order valence-corrected chi connectivity index (χ2v) is 7.00. The average Bonchev–Trinajstić information content (AvgIpc) is 2.56. The van der Waals surface area contributed by atoms with Crippen LogP contribution >= 0.6 is 11.6 Å². The molecule has 0 aliphatic rings. The lowest BCUT2D eigenvalue weighted by Gasteiger charge is -2.10. The van der Waals surface area contributed by atoms with Crippen LogP contribution in [0.4, 0.5) is 5.69 Å². The number of hydrogen-bond acceptors (Lipinski definition) is 4. The highest BCUT2D eigenvalue weighted by atomic mass is 35.5. The molecule has 1 amide bonds. The van der Waals surface area contributed by atoms with E-state index in [0.717, 1.165) is 0 Å². The molecule has 0 aliphatic carbocycles. The Labute approximate surface area is 145 Å². The van der Waals surface area contributed by atoms with E-state index in [1.54, 1.807) is 25.1 Å². The van der Waals surface area contributed by atoms with Gasteiger partial charge < -0.3 is 10.1 Å². The highest BCUT2D eigenvalue weighted by Crippen LogP contribution is 2.27. The van der Waals surface area contributed by atoms with Gasteiger partial charge in [-0.05, 0) is 30.3 Å². The van der Waals surface area contributed by atoms with Crippen LogP contribution < -0.4 is 14.8 Å². The van der Waals surface area contributed by atoms with Gasteiger partial charge >= 0.3 is 0 Å². The van der Waals surface area contributed by atoms with Crippen LogP contribution in [0.5, 0.6) is 5.75 Å². The molecule has 6 nitrogen and oxygen atoms in total. The first-order chi connectivity index (χ1) is 11.4. The second kappa shape index (κ2) is 7.65. The highest BCUT2D eigenvalue weighted by Gasteiger charge is 2.16. The van der Waals surface area contributed by atoms with Gasteiger partial charge in [-0.3, -0.25) is 4.79 Å². The van der Waals surface area contributed by atoms with E-state index in [0.29, 0.717) is 16.5 Å². The molecule has 0 fully saturated rings. The zero-order valence-electron chi connectivity index (χ0n) is 13.2. The zero-order chi connectivity index (χ0) is 17.7. The number of ether oxygens (including phenoxy) is 1. The first-order valence-corrected chi connectivity index (χ1v) is 8.98. The van der Waals surface area contributed by atoms with E-state index >= 15 is 0 Å². The zero-order valence-corrected chi connectivity index (χ0v) is 14.7. The Hall–Kier alpha value is -2.09. The molecule has 24 heavy (non-hydrogen) atoms. The van der Waals surface area contributed by atoms with Crippen LogP contribution in [0.25, 0.3) is 0 Å². The van der Waals surface area contributed by atoms with Crippen molar-refractivity contribution in [1.82, 2.24) is 4.72 Å². The molecule has 0 atom stereocenters. The minimum atomic E-state index is -3.63. The third kappa shape index (κ3) is 4.25. The number of hydrogen-bond donors (Lipinski definition) is 2. The van der Waals surface area contributed by atoms with Crippen molar-refractivity contribution in [3.05, 3.63) is 53.1 Å². The van der Waals surface area contributed by atoms with Gasteiger partial charge in [0.15, 0.2) is 0 Å². The summed E-state index contributed by atoms with van der Waals surface area (Å²) >= 11 is 6.08. The quantitative estimate of drug-likeness (QED) is 0.821. The van der Waals surface area contributed by atoms with Crippen molar-refractivity contribution in [2.75, 3.05) is 19.0 Å². The number of rotatable bonds is 6. The van der Waals surface area contributed by atoms with Crippen LogP contribution in [0.2, 0.25) is 5.02 Å². The fraction of sp³-hybridized carbons (Fsp3) is 0.188. The second-order valence-electron chi connectivity index (χ2n) is 4.83. The highest BCUT2D eigenvalue weighted by molar-refractivity contribution is 7.89. The number of nitrogens with one attached hydrogen (secondary N) is 2. The van der Waals surface area contributed by atoms with Crippen molar-refractivity contribution >= 4 is 33.2 Å². The minimum absolute atomic E-state index is 0.0258. The Bertz CT molecular complexity index is 853. The number of carbonyl (C=O) groups excluding carboxylic acids is 1. The Balaban J connectivity index is 2.25. The molecule has 2 aromatic carbocycles. The molecule has 0 saturated heterocycles. The molecule has 0 saturated carbocycles. The van der Waals surface area contributed by atoms with Gasteiger partial charge in [-0.15, -0.1) is 0 Å². The summed E-state index contributed by atoms with van der Waals surface area (Å²) in [7, 11) is -2.11. The largest absolute Gasteiger partial charge is 0.497 e. The smallest absolute Gasteiger partial charge is 0.255 e. The predicted octanol–water partition coefficient (Wildman–Crippen LogP) is 2.90. The molecule has 0 heterocycles. The Morgan fingerprint density at radius 3 is 2.58 bits per heavy atom. The lowest BCUT2D eigenvalue weighted by molar-refractivity contribution is 0.102. The summed E-state index contributed by atoms with van der Waals surface area (Å²) < 4.78 is 31.5. The maximum absolute atomic E-state index is 12.3. The molecule has 2 rings (SSSR count). The first-order valence-electron chi connectivity index (χ1n) is 7.12. The molecule has 2 N–H and O–H groups in total. The number of benzene rings is 2. The number of halogens is 1. The summed E-state index contributed by atoms with van der Waals surface area (Å²) in [4.78, 5) is 12.4. The molecule has 2 aromatic rings. The summed E-state index contributed by atoms with van der Waals surface area (Å²) in [5, 5.41) is 2.97. The topological polar surface area (TPSA) is 84.5 Å². The maximum Gasteiger partial charge on any atom is 0.255 e. The molecular weight excluding hydrogens is 352 g/mol. The predicted molar refractivity (Wildman–Crippen MR) is 93.3 cm³/mol. The van der Waals surface area contributed by atoms with Crippen molar-refractivity contribution in [2.45, 2.75) is 11.8 Å². The average molecular weight is 369 g/mol. The Morgan fingerprint density at radius 2 is 1.96 bits per heavy atom. The van der Waals surface area contributed by atoms with Gasteiger partial charge in [0, 0.05) is 18.2 Å². The maximum atomic E-state index is 12.3. The van der Waals surface area contributed by atoms with Crippen LogP contribution in [0, 0.1) is 0 Å². The number of sulfonamides is 1. The van der Waals surface area contributed by atoms with Gasteiger partial charge in [-0.1, -0.05) is 24.6 Å². The summed E-state index contributed by atoms with van der Waals surface area (Å²) in [6.07, 6.45) is 0.